The average molecular weight is 237 g/mol. The average Bonchev–Trinajstić information content (AvgIpc) is 2.17. The van der Waals surface area contributed by atoms with Gasteiger partial charge in [-0.2, -0.15) is 4.98 Å². The molecule has 0 unspecified atom stereocenters. The summed E-state index contributed by atoms with van der Waals surface area (Å²) in [7, 11) is 0. The van der Waals surface area contributed by atoms with Crippen LogP contribution in [0.5, 0.6) is 0 Å². The second-order valence-corrected chi connectivity index (χ2v) is 3.49. The lowest BCUT2D eigenvalue weighted by molar-refractivity contribution is 0.855. The van der Waals surface area contributed by atoms with Crippen molar-refractivity contribution in [2.75, 3.05) is 0 Å². The normalized spacial score (nSPS) is 9.62. The third kappa shape index (κ3) is 2.31. The molecular formula is C12H13ClN2O. The van der Waals surface area contributed by atoms with Crippen LogP contribution in [0.3, 0.4) is 0 Å². The molecule has 1 aromatic heterocycles. The first-order valence-electron chi connectivity index (χ1n) is 4.81. The summed E-state index contributed by atoms with van der Waals surface area (Å²) in [5.41, 5.74) is 2.29. The van der Waals surface area contributed by atoms with Gasteiger partial charge in [0.05, 0.1) is 5.69 Å². The molecule has 4 heteroatoms. The van der Waals surface area contributed by atoms with E-state index in [4.69, 9.17) is 0 Å². The molecular weight excluding hydrogens is 224 g/mol. The van der Waals surface area contributed by atoms with E-state index in [1.807, 2.05) is 50.2 Å². The van der Waals surface area contributed by atoms with Crippen molar-refractivity contribution in [1.82, 2.24) is 9.55 Å². The van der Waals surface area contributed by atoms with Crippen LogP contribution in [0.4, 0.5) is 0 Å². The topological polar surface area (TPSA) is 34.9 Å². The number of aryl methyl sites for hydroxylation is 2. The molecule has 0 spiro atoms. The molecule has 3 nitrogen and oxygen atoms in total. The van der Waals surface area contributed by atoms with Crippen molar-refractivity contribution in [3.05, 3.63) is 58.3 Å². The minimum absolute atomic E-state index is 0. The Morgan fingerprint density at radius 2 is 1.75 bits per heavy atom. The fraction of sp³-hybridized carbons (Fsp3) is 0.167. The van der Waals surface area contributed by atoms with Crippen LogP contribution in [0.25, 0.3) is 5.69 Å². The van der Waals surface area contributed by atoms with Crippen molar-refractivity contribution < 1.29 is 0 Å². The zero-order valence-electron chi connectivity index (χ0n) is 9.18. The molecule has 0 saturated carbocycles. The van der Waals surface area contributed by atoms with E-state index in [9.17, 15) is 4.79 Å². The summed E-state index contributed by atoms with van der Waals surface area (Å²) in [5.74, 6) is 0. The molecule has 2 rings (SSSR count). The molecule has 0 fully saturated rings. The van der Waals surface area contributed by atoms with Gasteiger partial charge in [-0.3, -0.25) is 4.57 Å². The van der Waals surface area contributed by atoms with E-state index in [0.29, 0.717) is 0 Å². The first-order valence-corrected chi connectivity index (χ1v) is 4.81. The fourth-order valence-corrected chi connectivity index (χ4v) is 1.64. The highest BCUT2D eigenvalue weighted by Gasteiger charge is 2.03. The van der Waals surface area contributed by atoms with Gasteiger partial charge in [-0.15, -0.1) is 12.4 Å². The maximum absolute atomic E-state index is 11.7. The molecule has 1 aromatic carbocycles. The van der Waals surface area contributed by atoms with Gasteiger partial charge in [0.1, 0.15) is 0 Å². The predicted octanol–water partition coefficient (Wildman–Crippen LogP) is 2.27. The molecule has 0 radical (unpaired) electrons. The Balaban J connectivity index is 0.00000128. The summed E-state index contributed by atoms with van der Waals surface area (Å²) in [5, 5.41) is 0. The number of hydrogen-bond donors (Lipinski definition) is 0. The van der Waals surface area contributed by atoms with Crippen molar-refractivity contribution in [1.29, 1.82) is 0 Å². The minimum atomic E-state index is -0.223. The maximum atomic E-state index is 11.7. The summed E-state index contributed by atoms with van der Waals surface area (Å²) < 4.78 is 1.60. The van der Waals surface area contributed by atoms with E-state index in [-0.39, 0.29) is 18.1 Å². The number of aromatic nitrogens is 2. The minimum Gasteiger partial charge on any atom is -0.265 e. The van der Waals surface area contributed by atoms with E-state index in [1.54, 1.807) is 4.57 Å². The van der Waals surface area contributed by atoms with Gasteiger partial charge in [0.15, 0.2) is 0 Å². The number of rotatable bonds is 1. The first-order chi connectivity index (χ1) is 7.18. The van der Waals surface area contributed by atoms with Gasteiger partial charge >= 0.3 is 5.69 Å². The van der Waals surface area contributed by atoms with Crippen molar-refractivity contribution in [2.24, 2.45) is 0 Å². The third-order valence-corrected chi connectivity index (χ3v) is 2.25. The van der Waals surface area contributed by atoms with Crippen LogP contribution in [-0.2, 0) is 0 Å². The standard InChI is InChI=1S/C12H12N2O.ClH/c1-9-8-10(2)14(12(15)13-9)11-6-4-3-5-7-11;/h3-8H,1-2H3;1H. The Morgan fingerprint density at radius 1 is 1.12 bits per heavy atom. The molecule has 0 atom stereocenters. The molecule has 2 aromatic rings. The van der Waals surface area contributed by atoms with Crippen LogP contribution in [0.1, 0.15) is 11.4 Å². The fourth-order valence-electron chi connectivity index (χ4n) is 1.64. The van der Waals surface area contributed by atoms with Gasteiger partial charge in [0.25, 0.3) is 0 Å². The van der Waals surface area contributed by atoms with Gasteiger partial charge in [-0.05, 0) is 32.0 Å². The SMILES string of the molecule is Cc1cc(C)n(-c2ccccc2)c(=O)n1.Cl. The smallest absolute Gasteiger partial charge is 0.265 e. The lowest BCUT2D eigenvalue weighted by atomic mass is 10.3. The van der Waals surface area contributed by atoms with Gasteiger partial charge < -0.3 is 0 Å². The number of para-hydroxylation sites is 1. The van der Waals surface area contributed by atoms with Gasteiger partial charge in [0.2, 0.25) is 0 Å². The summed E-state index contributed by atoms with van der Waals surface area (Å²) >= 11 is 0. The monoisotopic (exact) mass is 236 g/mol. The lowest BCUT2D eigenvalue weighted by Gasteiger charge is -2.08. The third-order valence-electron chi connectivity index (χ3n) is 2.25. The van der Waals surface area contributed by atoms with Gasteiger partial charge in [-0.1, -0.05) is 18.2 Å². The summed E-state index contributed by atoms with van der Waals surface area (Å²) in [4.78, 5) is 15.6. The van der Waals surface area contributed by atoms with Crippen LogP contribution in [-0.4, -0.2) is 9.55 Å². The molecule has 0 bridgehead atoms. The summed E-state index contributed by atoms with van der Waals surface area (Å²) in [6.07, 6.45) is 0. The van der Waals surface area contributed by atoms with Crippen LogP contribution in [0, 0.1) is 13.8 Å². The first kappa shape index (κ1) is 12.5. The Bertz CT molecular complexity index is 534. The molecule has 84 valence electrons. The Labute approximate surface area is 100 Å². The van der Waals surface area contributed by atoms with Crippen LogP contribution >= 0.6 is 12.4 Å². The highest BCUT2D eigenvalue weighted by Crippen LogP contribution is 2.07. The van der Waals surface area contributed by atoms with E-state index in [1.165, 1.54) is 0 Å². The Kier molecular flexibility index (Phi) is 3.85. The predicted molar refractivity (Wildman–Crippen MR) is 66.6 cm³/mol. The Hall–Kier alpha value is -1.61. The largest absolute Gasteiger partial charge is 0.352 e. The van der Waals surface area contributed by atoms with Crippen LogP contribution < -0.4 is 5.69 Å². The highest BCUT2D eigenvalue weighted by molar-refractivity contribution is 5.85. The number of hydrogen-bond acceptors (Lipinski definition) is 2. The molecule has 16 heavy (non-hydrogen) atoms. The number of benzene rings is 1. The van der Waals surface area contributed by atoms with Crippen molar-refractivity contribution in [3.63, 3.8) is 0 Å². The van der Waals surface area contributed by atoms with Crippen LogP contribution in [0.15, 0.2) is 41.2 Å². The number of halogens is 1. The summed E-state index contributed by atoms with van der Waals surface area (Å²) in [6.45, 7) is 3.73. The zero-order valence-corrected chi connectivity index (χ0v) is 9.99. The van der Waals surface area contributed by atoms with Gasteiger partial charge in [0, 0.05) is 11.4 Å². The van der Waals surface area contributed by atoms with Crippen molar-refractivity contribution >= 4 is 12.4 Å². The van der Waals surface area contributed by atoms with E-state index in [0.717, 1.165) is 17.1 Å². The quantitative estimate of drug-likeness (QED) is 0.762. The van der Waals surface area contributed by atoms with E-state index < -0.39 is 0 Å². The van der Waals surface area contributed by atoms with E-state index in [2.05, 4.69) is 4.98 Å². The van der Waals surface area contributed by atoms with Crippen LogP contribution in [0.2, 0.25) is 0 Å². The molecule has 1 heterocycles. The zero-order chi connectivity index (χ0) is 10.8. The molecule has 0 N–H and O–H groups in total. The van der Waals surface area contributed by atoms with Crippen molar-refractivity contribution in [3.8, 4) is 5.69 Å². The molecule has 0 amide bonds. The second kappa shape index (κ2) is 4.94. The molecule has 0 aliphatic heterocycles. The molecule has 0 saturated heterocycles. The second-order valence-electron chi connectivity index (χ2n) is 3.49. The van der Waals surface area contributed by atoms with E-state index >= 15 is 0 Å². The molecule has 0 aliphatic rings. The lowest BCUT2D eigenvalue weighted by Crippen LogP contribution is -2.23. The molecule has 0 aliphatic carbocycles. The Morgan fingerprint density at radius 3 is 2.31 bits per heavy atom. The maximum Gasteiger partial charge on any atom is 0.352 e. The van der Waals surface area contributed by atoms with Crippen molar-refractivity contribution in [2.45, 2.75) is 13.8 Å². The van der Waals surface area contributed by atoms with Gasteiger partial charge in [-0.25, -0.2) is 4.79 Å². The summed E-state index contributed by atoms with van der Waals surface area (Å²) in [6, 6.07) is 11.4. The number of nitrogens with zero attached hydrogens (tertiary/aromatic N) is 2. The highest BCUT2D eigenvalue weighted by atomic mass is 35.5.